The molecule has 1 unspecified atom stereocenters. The first-order valence-corrected chi connectivity index (χ1v) is 6.20. The summed E-state index contributed by atoms with van der Waals surface area (Å²) in [4.78, 5) is 0. The van der Waals surface area contributed by atoms with E-state index in [0.717, 1.165) is 29.4 Å². The van der Waals surface area contributed by atoms with Crippen LogP contribution in [0, 0.1) is 12.8 Å². The molecule has 0 saturated heterocycles. The van der Waals surface area contributed by atoms with Crippen LogP contribution < -0.4 is 10.6 Å². The molecule has 1 atom stereocenters. The summed E-state index contributed by atoms with van der Waals surface area (Å²) >= 11 is 6.07. The maximum Gasteiger partial charge on any atom is 0.0455 e. The van der Waals surface area contributed by atoms with Crippen molar-refractivity contribution in [2.24, 2.45) is 5.92 Å². The lowest BCUT2D eigenvalue weighted by atomic mass is 10.1. The van der Waals surface area contributed by atoms with E-state index >= 15 is 0 Å². The number of anilines is 1. The van der Waals surface area contributed by atoms with Crippen LogP contribution in [0.1, 0.15) is 18.9 Å². The second-order valence-electron chi connectivity index (χ2n) is 4.13. The van der Waals surface area contributed by atoms with E-state index in [1.165, 1.54) is 6.42 Å². The zero-order chi connectivity index (χ0) is 12.0. The lowest BCUT2D eigenvalue weighted by Crippen LogP contribution is -2.25. The summed E-state index contributed by atoms with van der Waals surface area (Å²) in [5.74, 6) is 0.656. The lowest BCUT2D eigenvalue weighted by molar-refractivity contribution is 0.506. The molecule has 2 nitrogen and oxygen atoms in total. The van der Waals surface area contributed by atoms with E-state index in [1.807, 2.05) is 26.1 Å². The van der Waals surface area contributed by atoms with Gasteiger partial charge in [0.15, 0.2) is 0 Å². The Balaban J connectivity index is 2.56. The van der Waals surface area contributed by atoms with Gasteiger partial charge in [-0.05, 0) is 44.1 Å². The molecule has 0 aromatic heterocycles. The summed E-state index contributed by atoms with van der Waals surface area (Å²) < 4.78 is 0. The minimum absolute atomic E-state index is 0.656. The number of hydrogen-bond acceptors (Lipinski definition) is 2. The molecule has 0 aliphatic heterocycles. The Kier molecular flexibility index (Phi) is 5.64. The normalized spacial score (nSPS) is 12.5. The second kappa shape index (κ2) is 6.77. The molecule has 0 fully saturated rings. The van der Waals surface area contributed by atoms with Crippen molar-refractivity contribution >= 4 is 17.3 Å². The maximum absolute atomic E-state index is 6.07. The van der Waals surface area contributed by atoms with Gasteiger partial charge in [-0.3, -0.25) is 0 Å². The molecule has 0 bridgehead atoms. The highest BCUT2D eigenvalue weighted by Crippen LogP contribution is 2.23. The molecule has 0 radical (unpaired) electrons. The van der Waals surface area contributed by atoms with Crippen molar-refractivity contribution in [1.29, 1.82) is 0 Å². The Morgan fingerprint density at radius 2 is 2.06 bits per heavy atom. The molecule has 0 saturated carbocycles. The molecule has 0 aliphatic carbocycles. The molecule has 0 aliphatic rings. The smallest absolute Gasteiger partial charge is 0.0455 e. The number of halogens is 1. The summed E-state index contributed by atoms with van der Waals surface area (Å²) in [6.07, 6.45) is 1.17. The molecule has 16 heavy (non-hydrogen) atoms. The highest BCUT2D eigenvalue weighted by atomic mass is 35.5. The molecule has 2 N–H and O–H groups in total. The SMILES string of the molecule is CCC(CNC)CNc1cccc(Cl)c1C. The van der Waals surface area contributed by atoms with E-state index in [1.54, 1.807) is 0 Å². The van der Waals surface area contributed by atoms with Gasteiger partial charge in [-0.1, -0.05) is 31.0 Å². The van der Waals surface area contributed by atoms with Gasteiger partial charge in [-0.15, -0.1) is 0 Å². The first-order chi connectivity index (χ1) is 7.69. The number of rotatable bonds is 6. The van der Waals surface area contributed by atoms with Crippen LogP contribution in [0.2, 0.25) is 5.02 Å². The van der Waals surface area contributed by atoms with Gasteiger partial charge < -0.3 is 10.6 Å². The maximum atomic E-state index is 6.07. The van der Waals surface area contributed by atoms with Crippen LogP contribution in [0.4, 0.5) is 5.69 Å². The van der Waals surface area contributed by atoms with E-state index in [2.05, 4.69) is 23.6 Å². The van der Waals surface area contributed by atoms with Gasteiger partial charge in [0.25, 0.3) is 0 Å². The Bertz CT molecular complexity index is 326. The Labute approximate surface area is 103 Å². The molecule has 0 amide bonds. The van der Waals surface area contributed by atoms with Gasteiger partial charge in [0, 0.05) is 17.3 Å². The number of nitrogens with one attached hydrogen (secondary N) is 2. The highest BCUT2D eigenvalue weighted by molar-refractivity contribution is 6.31. The third-order valence-electron chi connectivity index (χ3n) is 2.92. The fraction of sp³-hybridized carbons (Fsp3) is 0.538. The van der Waals surface area contributed by atoms with Crippen LogP contribution in [0.3, 0.4) is 0 Å². The van der Waals surface area contributed by atoms with Crippen LogP contribution in [-0.2, 0) is 0 Å². The Morgan fingerprint density at radius 1 is 1.31 bits per heavy atom. The van der Waals surface area contributed by atoms with Gasteiger partial charge in [0.1, 0.15) is 0 Å². The van der Waals surface area contributed by atoms with Gasteiger partial charge >= 0.3 is 0 Å². The van der Waals surface area contributed by atoms with Gasteiger partial charge in [0.2, 0.25) is 0 Å². The summed E-state index contributed by atoms with van der Waals surface area (Å²) in [7, 11) is 1.99. The van der Waals surface area contributed by atoms with Crippen LogP contribution in [-0.4, -0.2) is 20.1 Å². The largest absolute Gasteiger partial charge is 0.384 e. The fourth-order valence-corrected chi connectivity index (χ4v) is 1.88. The van der Waals surface area contributed by atoms with E-state index in [4.69, 9.17) is 11.6 Å². The van der Waals surface area contributed by atoms with Gasteiger partial charge in [-0.2, -0.15) is 0 Å². The molecule has 90 valence electrons. The van der Waals surface area contributed by atoms with E-state index in [-0.39, 0.29) is 0 Å². The third-order valence-corrected chi connectivity index (χ3v) is 3.33. The minimum atomic E-state index is 0.656. The zero-order valence-corrected chi connectivity index (χ0v) is 11.1. The van der Waals surface area contributed by atoms with Crippen molar-refractivity contribution in [3.05, 3.63) is 28.8 Å². The van der Waals surface area contributed by atoms with Crippen molar-refractivity contribution in [3.63, 3.8) is 0 Å². The summed E-state index contributed by atoms with van der Waals surface area (Å²) in [6.45, 7) is 6.29. The first kappa shape index (κ1) is 13.3. The topological polar surface area (TPSA) is 24.1 Å². The van der Waals surface area contributed by atoms with Crippen LogP contribution >= 0.6 is 11.6 Å². The summed E-state index contributed by atoms with van der Waals surface area (Å²) in [5.41, 5.74) is 2.27. The zero-order valence-electron chi connectivity index (χ0n) is 10.3. The average Bonchev–Trinajstić information content (AvgIpc) is 2.29. The molecule has 0 spiro atoms. The van der Waals surface area contributed by atoms with Crippen molar-refractivity contribution < 1.29 is 0 Å². The molecular weight excluding hydrogens is 220 g/mol. The third kappa shape index (κ3) is 3.69. The quantitative estimate of drug-likeness (QED) is 0.797. The summed E-state index contributed by atoms with van der Waals surface area (Å²) in [5, 5.41) is 7.51. The molecule has 1 aromatic carbocycles. The lowest BCUT2D eigenvalue weighted by Gasteiger charge is -2.17. The van der Waals surface area contributed by atoms with Crippen LogP contribution in [0.15, 0.2) is 18.2 Å². The van der Waals surface area contributed by atoms with Gasteiger partial charge in [-0.25, -0.2) is 0 Å². The van der Waals surface area contributed by atoms with E-state index in [0.29, 0.717) is 5.92 Å². The fourth-order valence-electron chi connectivity index (χ4n) is 1.70. The van der Waals surface area contributed by atoms with Crippen molar-refractivity contribution in [2.45, 2.75) is 20.3 Å². The molecule has 3 heteroatoms. The number of benzene rings is 1. The molecule has 1 rings (SSSR count). The second-order valence-corrected chi connectivity index (χ2v) is 4.53. The van der Waals surface area contributed by atoms with Crippen molar-refractivity contribution in [1.82, 2.24) is 5.32 Å². The van der Waals surface area contributed by atoms with E-state index < -0.39 is 0 Å². The summed E-state index contributed by atoms with van der Waals surface area (Å²) in [6, 6.07) is 5.98. The van der Waals surface area contributed by atoms with Crippen molar-refractivity contribution in [2.75, 3.05) is 25.5 Å². The first-order valence-electron chi connectivity index (χ1n) is 5.82. The Morgan fingerprint density at radius 3 is 2.69 bits per heavy atom. The highest BCUT2D eigenvalue weighted by Gasteiger charge is 2.06. The molecule has 0 heterocycles. The molecule has 1 aromatic rings. The van der Waals surface area contributed by atoms with E-state index in [9.17, 15) is 0 Å². The average molecular weight is 241 g/mol. The van der Waals surface area contributed by atoms with Crippen molar-refractivity contribution in [3.8, 4) is 0 Å². The van der Waals surface area contributed by atoms with Crippen LogP contribution in [0.5, 0.6) is 0 Å². The number of hydrogen-bond donors (Lipinski definition) is 2. The predicted octanol–water partition coefficient (Wildman–Crippen LogP) is 3.31. The Hall–Kier alpha value is -0.730. The standard InChI is InChI=1S/C13H21ClN2/c1-4-11(8-15-3)9-16-13-7-5-6-12(14)10(13)2/h5-7,11,15-16H,4,8-9H2,1-3H3. The molecular formula is C13H21ClN2. The minimum Gasteiger partial charge on any atom is -0.384 e. The predicted molar refractivity (Wildman–Crippen MR) is 72.4 cm³/mol. The van der Waals surface area contributed by atoms with Crippen LogP contribution in [0.25, 0.3) is 0 Å². The monoisotopic (exact) mass is 240 g/mol. The van der Waals surface area contributed by atoms with Gasteiger partial charge in [0.05, 0.1) is 0 Å².